The molecule has 2 atom stereocenters. The fourth-order valence-electron chi connectivity index (χ4n) is 2.43. The van der Waals surface area contributed by atoms with E-state index in [4.69, 9.17) is 4.74 Å². The van der Waals surface area contributed by atoms with Crippen LogP contribution in [0.2, 0.25) is 0 Å². The summed E-state index contributed by atoms with van der Waals surface area (Å²) in [5.74, 6) is 0. The molecule has 2 rings (SSSR count). The Bertz CT molecular complexity index is 413. The Morgan fingerprint density at radius 2 is 2.24 bits per heavy atom. The van der Waals surface area contributed by atoms with Crippen LogP contribution >= 0.6 is 0 Å². The Hall–Kier alpha value is -0.870. The van der Waals surface area contributed by atoms with Gasteiger partial charge < -0.3 is 10.1 Å². The maximum atomic E-state index is 5.64. The predicted molar refractivity (Wildman–Crippen MR) is 68.0 cm³/mol. The van der Waals surface area contributed by atoms with Gasteiger partial charge in [0.2, 0.25) is 0 Å². The Morgan fingerprint density at radius 3 is 2.71 bits per heavy atom. The van der Waals surface area contributed by atoms with Gasteiger partial charge in [-0.25, -0.2) is 0 Å². The van der Waals surface area contributed by atoms with Crippen LogP contribution < -0.4 is 5.32 Å². The van der Waals surface area contributed by atoms with Gasteiger partial charge in [-0.2, -0.15) is 5.10 Å². The van der Waals surface area contributed by atoms with Gasteiger partial charge in [-0.3, -0.25) is 4.68 Å². The molecule has 1 aromatic rings. The van der Waals surface area contributed by atoms with Crippen LogP contribution in [0.4, 0.5) is 0 Å². The summed E-state index contributed by atoms with van der Waals surface area (Å²) in [6.07, 6.45) is 1.35. The van der Waals surface area contributed by atoms with Gasteiger partial charge in [0, 0.05) is 37.0 Å². The zero-order valence-corrected chi connectivity index (χ0v) is 11.5. The van der Waals surface area contributed by atoms with Gasteiger partial charge in [0.15, 0.2) is 0 Å². The molecule has 0 aliphatic carbocycles. The monoisotopic (exact) mass is 237 g/mol. The van der Waals surface area contributed by atoms with E-state index in [0.29, 0.717) is 0 Å². The molecule has 1 aromatic heterocycles. The first-order valence-electron chi connectivity index (χ1n) is 6.30. The number of nitrogens with one attached hydrogen (secondary N) is 1. The van der Waals surface area contributed by atoms with Crippen LogP contribution in [0, 0.1) is 13.8 Å². The van der Waals surface area contributed by atoms with Crippen molar-refractivity contribution < 1.29 is 4.74 Å². The molecule has 1 saturated heterocycles. The van der Waals surface area contributed by atoms with E-state index in [1.54, 1.807) is 0 Å². The topological polar surface area (TPSA) is 39.1 Å². The summed E-state index contributed by atoms with van der Waals surface area (Å²) in [5.41, 5.74) is 3.76. The normalized spacial score (nSPS) is 28.9. The first-order valence-corrected chi connectivity index (χ1v) is 6.30. The van der Waals surface area contributed by atoms with Crippen molar-refractivity contribution in [1.29, 1.82) is 0 Å². The standard InChI is InChI=1S/C13H23N3O/c1-9-12(10(2)16(5)15-9)8-14-13(4)6-7-17-11(13)3/h11,14H,6-8H2,1-5H3. The van der Waals surface area contributed by atoms with Crippen molar-refractivity contribution in [2.24, 2.45) is 7.05 Å². The SMILES string of the molecule is Cc1nn(C)c(C)c1CNC1(C)CCOC1C. The van der Waals surface area contributed by atoms with E-state index >= 15 is 0 Å². The van der Waals surface area contributed by atoms with Gasteiger partial charge in [0.1, 0.15) is 0 Å². The molecular weight excluding hydrogens is 214 g/mol. The zero-order valence-electron chi connectivity index (χ0n) is 11.5. The minimum absolute atomic E-state index is 0.0920. The number of hydrogen-bond acceptors (Lipinski definition) is 3. The van der Waals surface area contributed by atoms with Crippen molar-refractivity contribution >= 4 is 0 Å². The molecule has 0 bridgehead atoms. The third-order valence-corrected chi connectivity index (χ3v) is 4.21. The Kier molecular flexibility index (Phi) is 3.27. The molecule has 0 amide bonds. The summed E-state index contributed by atoms with van der Waals surface area (Å²) in [6, 6.07) is 0. The summed E-state index contributed by atoms with van der Waals surface area (Å²) in [5, 5.41) is 8.08. The molecule has 0 radical (unpaired) electrons. The molecule has 17 heavy (non-hydrogen) atoms. The number of nitrogens with zero attached hydrogens (tertiary/aromatic N) is 2. The molecule has 0 aromatic carbocycles. The second kappa shape index (κ2) is 4.42. The van der Waals surface area contributed by atoms with E-state index in [2.05, 4.69) is 38.1 Å². The highest BCUT2D eigenvalue weighted by Gasteiger charge is 2.36. The minimum atomic E-state index is 0.0920. The van der Waals surface area contributed by atoms with Crippen LogP contribution in [0.15, 0.2) is 0 Å². The molecule has 96 valence electrons. The number of aryl methyl sites for hydroxylation is 2. The highest BCUT2D eigenvalue weighted by molar-refractivity contribution is 5.24. The molecule has 1 aliphatic rings. The smallest absolute Gasteiger partial charge is 0.0726 e. The van der Waals surface area contributed by atoms with E-state index in [-0.39, 0.29) is 11.6 Å². The van der Waals surface area contributed by atoms with Gasteiger partial charge in [-0.15, -0.1) is 0 Å². The highest BCUT2D eigenvalue weighted by atomic mass is 16.5. The summed E-state index contributed by atoms with van der Waals surface area (Å²) in [6.45, 7) is 10.3. The van der Waals surface area contributed by atoms with Gasteiger partial charge in [0.25, 0.3) is 0 Å². The van der Waals surface area contributed by atoms with E-state index in [1.165, 1.54) is 11.3 Å². The van der Waals surface area contributed by atoms with Crippen molar-refractivity contribution in [2.45, 2.75) is 52.3 Å². The van der Waals surface area contributed by atoms with Gasteiger partial charge in [-0.05, 0) is 34.1 Å². The summed E-state index contributed by atoms with van der Waals surface area (Å²) < 4.78 is 7.59. The summed E-state index contributed by atoms with van der Waals surface area (Å²) in [7, 11) is 1.99. The van der Waals surface area contributed by atoms with E-state index in [0.717, 1.165) is 25.3 Å². The molecule has 0 spiro atoms. The molecule has 1 aliphatic heterocycles. The van der Waals surface area contributed by atoms with E-state index in [9.17, 15) is 0 Å². The number of hydrogen-bond donors (Lipinski definition) is 1. The first-order chi connectivity index (χ1) is 7.94. The van der Waals surface area contributed by atoms with Crippen molar-refractivity contribution in [2.75, 3.05) is 6.61 Å². The molecule has 4 heteroatoms. The molecule has 0 saturated carbocycles. The van der Waals surface area contributed by atoms with Gasteiger partial charge >= 0.3 is 0 Å². The van der Waals surface area contributed by atoms with Gasteiger partial charge in [0.05, 0.1) is 11.8 Å². The van der Waals surface area contributed by atoms with Crippen molar-refractivity contribution in [1.82, 2.24) is 15.1 Å². The van der Waals surface area contributed by atoms with E-state index in [1.807, 2.05) is 11.7 Å². The fraction of sp³-hybridized carbons (Fsp3) is 0.769. The third-order valence-electron chi connectivity index (χ3n) is 4.21. The number of ether oxygens (including phenoxy) is 1. The average molecular weight is 237 g/mol. The Balaban J connectivity index is 2.07. The Morgan fingerprint density at radius 1 is 1.53 bits per heavy atom. The average Bonchev–Trinajstić information content (AvgIpc) is 2.70. The molecule has 1 N–H and O–H groups in total. The lowest BCUT2D eigenvalue weighted by atomic mass is 9.94. The summed E-state index contributed by atoms with van der Waals surface area (Å²) >= 11 is 0. The van der Waals surface area contributed by atoms with Crippen LogP contribution in [-0.4, -0.2) is 28.0 Å². The lowest BCUT2D eigenvalue weighted by molar-refractivity contribution is 0.0881. The van der Waals surface area contributed by atoms with E-state index < -0.39 is 0 Å². The second-order valence-corrected chi connectivity index (χ2v) is 5.31. The predicted octanol–water partition coefficient (Wildman–Crippen LogP) is 1.69. The molecule has 1 fully saturated rings. The van der Waals surface area contributed by atoms with Crippen molar-refractivity contribution in [3.05, 3.63) is 17.0 Å². The van der Waals surface area contributed by atoms with Crippen LogP contribution in [0.25, 0.3) is 0 Å². The van der Waals surface area contributed by atoms with Crippen LogP contribution in [0.5, 0.6) is 0 Å². The molecule has 2 unspecified atom stereocenters. The maximum Gasteiger partial charge on any atom is 0.0726 e. The molecule has 2 heterocycles. The number of rotatable bonds is 3. The molecule has 4 nitrogen and oxygen atoms in total. The largest absolute Gasteiger partial charge is 0.377 e. The molecular formula is C13H23N3O. The lowest BCUT2D eigenvalue weighted by Gasteiger charge is -2.29. The summed E-state index contributed by atoms with van der Waals surface area (Å²) in [4.78, 5) is 0. The van der Waals surface area contributed by atoms with Gasteiger partial charge in [-0.1, -0.05) is 0 Å². The lowest BCUT2D eigenvalue weighted by Crippen LogP contribution is -2.47. The van der Waals surface area contributed by atoms with Crippen LogP contribution in [-0.2, 0) is 18.3 Å². The quantitative estimate of drug-likeness (QED) is 0.869. The minimum Gasteiger partial charge on any atom is -0.377 e. The van der Waals surface area contributed by atoms with Crippen LogP contribution in [0.1, 0.15) is 37.2 Å². The third kappa shape index (κ3) is 2.24. The highest BCUT2D eigenvalue weighted by Crippen LogP contribution is 2.26. The second-order valence-electron chi connectivity index (χ2n) is 5.31. The fourth-order valence-corrected chi connectivity index (χ4v) is 2.43. The zero-order chi connectivity index (χ0) is 12.6. The Labute approximate surface area is 103 Å². The first kappa shape index (κ1) is 12.6. The number of aromatic nitrogens is 2. The van der Waals surface area contributed by atoms with Crippen LogP contribution in [0.3, 0.4) is 0 Å². The maximum absolute atomic E-state index is 5.64. The van der Waals surface area contributed by atoms with Crippen molar-refractivity contribution in [3.63, 3.8) is 0 Å². The van der Waals surface area contributed by atoms with Crippen molar-refractivity contribution in [3.8, 4) is 0 Å².